The zero-order chi connectivity index (χ0) is 21.5. The largest absolute Gasteiger partial charge is 0.462 e. The van der Waals surface area contributed by atoms with Crippen molar-refractivity contribution in [2.45, 2.75) is 91.0 Å². The van der Waals surface area contributed by atoms with Crippen LogP contribution in [-0.2, 0) is 21.9 Å². The Morgan fingerprint density at radius 3 is 2.04 bits per heavy atom. The number of esters is 1. The van der Waals surface area contributed by atoms with Gasteiger partial charge < -0.3 is 17.1 Å². The SMILES string of the molecule is C=C(C)C(=O)OCCC(CCC)[Si](C)(C)O[Si](C)(C)O[SiH](C)O[Si](C)(C)C. The molecule has 0 saturated carbocycles. The van der Waals surface area contributed by atoms with E-state index in [9.17, 15) is 4.79 Å². The van der Waals surface area contributed by atoms with E-state index in [1.165, 1.54) is 0 Å². The van der Waals surface area contributed by atoms with Gasteiger partial charge in [-0.05, 0) is 71.3 Å². The smallest absolute Gasteiger partial charge is 0.333 e. The Morgan fingerprint density at radius 1 is 1.04 bits per heavy atom. The molecule has 0 fully saturated rings. The van der Waals surface area contributed by atoms with E-state index in [0.29, 0.717) is 17.7 Å². The second-order valence-electron chi connectivity index (χ2n) is 9.21. The highest BCUT2D eigenvalue weighted by atomic mass is 28.5. The van der Waals surface area contributed by atoms with Gasteiger partial charge in [0.15, 0.2) is 16.6 Å². The molecule has 5 nitrogen and oxygen atoms in total. The van der Waals surface area contributed by atoms with E-state index in [1.54, 1.807) is 6.92 Å². The molecule has 0 aliphatic carbocycles. The molecular formula is C18H42O5Si4. The summed E-state index contributed by atoms with van der Waals surface area (Å²) in [5.74, 6) is -0.313. The van der Waals surface area contributed by atoms with Gasteiger partial charge in [-0.3, -0.25) is 0 Å². The Kier molecular flexibility index (Phi) is 11.2. The van der Waals surface area contributed by atoms with Gasteiger partial charge in [-0.25, -0.2) is 4.79 Å². The summed E-state index contributed by atoms with van der Waals surface area (Å²) in [4.78, 5) is 11.6. The molecule has 0 aromatic rings. The van der Waals surface area contributed by atoms with E-state index < -0.39 is 34.5 Å². The molecule has 0 aromatic carbocycles. The number of rotatable bonds is 13. The lowest BCUT2D eigenvalue weighted by atomic mass is 10.2. The molecule has 0 aliphatic heterocycles. The third-order valence-corrected chi connectivity index (χ3v) is 18.5. The van der Waals surface area contributed by atoms with E-state index in [4.69, 9.17) is 17.1 Å². The van der Waals surface area contributed by atoms with Crippen molar-refractivity contribution in [3.8, 4) is 0 Å². The van der Waals surface area contributed by atoms with Gasteiger partial charge >= 0.3 is 14.5 Å². The summed E-state index contributed by atoms with van der Waals surface area (Å²) in [7, 11) is -7.57. The lowest BCUT2D eigenvalue weighted by molar-refractivity contribution is -0.139. The minimum Gasteiger partial charge on any atom is -0.462 e. The van der Waals surface area contributed by atoms with Crippen LogP contribution in [0.2, 0.25) is 57.9 Å². The summed E-state index contributed by atoms with van der Waals surface area (Å²) < 4.78 is 24.6. The maximum absolute atomic E-state index is 11.6. The van der Waals surface area contributed by atoms with Gasteiger partial charge in [0.05, 0.1) is 6.61 Å². The van der Waals surface area contributed by atoms with Crippen molar-refractivity contribution >= 4 is 40.4 Å². The monoisotopic (exact) mass is 450 g/mol. The Bertz CT molecular complexity index is 489. The van der Waals surface area contributed by atoms with Crippen LogP contribution < -0.4 is 0 Å². The molecule has 27 heavy (non-hydrogen) atoms. The molecule has 0 radical (unpaired) electrons. The van der Waals surface area contributed by atoms with Gasteiger partial charge in [-0.1, -0.05) is 26.3 Å². The number of carbonyl (C=O) groups excluding carboxylic acids is 1. The van der Waals surface area contributed by atoms with E-state index in [0.717, 1.165) is 19.3 Å². The summed E-state index contributed by atoms with van der Waals surface area (Å²) in [5, 5.41) is 0. The van der Waals surface area contributed by atoms with Crippen LogP contribution in [-0.4, -0.2) is 47.1 Å². The lowest BCUT2D eigenvalue weighted by Gasteiger charge is -2.40. The molecule has 160 valence electrons. The minimum absolute atomic E-state index is 0.313. The molecule has 0 N–H and O–H groups in total. The van der Waals surface area contributed by atoms with E-state index in [1.807, 2.05) is 0 Å². The molecule has 0 bridgehead atoms. The van der Waals surface area contributed by atoms with Gasteiger partial charge in [0.25, 0.3) is 9.28 Å². The van der Waals surface area contributed by atoms with Crippen molar-refractivity contribution in [3.63, 3.8) is 0 Å². The van der Waals surface area contributed by atoms with Crippen LogP contribution in [0.5, 0.6) is 0 Å². The fraction of sp³-hybridized carbons (Fsp3) is 0.833. The second-order valence-corrected chi connectivity index (χ2v) is 24.1. The van der Waals surface area contributed by atoms with Gasteiger partial charge in [-0.2, -0.15) is 0 Å². The van der Waals surface area contributed by atoms with Crippen molar-refractivity contribution in [3.05, 3.63) is 12.2 Å². The van der Waals surface area contributed by atoms with Gasteiger partial charge in [-0.15, -0.1) is 0 Å². The Labute approximate surface area is 172 Å². The normalized spacial score (nSPS) is 15.3. The molecule has 2 atom stereocenters. The molecule has 0 saturated heterocycles. The first-order chi connectivity index (χ1) is 12.1. The van der Waals surface area contributed by atoms with Crippen LogP contribution in [0.3, 0.4) is 0 Å². The zero-order valence-electron chi connectivity index (χ0n) is 19.2. The van der Waals surface area contributed by atoms with Crippen LogP contribution in [0.4, 0.5) is 0 Å². The molecular weight excluding hydrogens is 409 g/mol. The van der Waals surface area contributed by atoms with E-state index >= 15 is 0 Å². The molecule has 0 amide bonds. The fourth-order valence-electron chi connectivity index (χ4n) is 3.27. The van der Waals surface area contributed by atoms with Crippen molar-refractivity contribution in [1.82, 2.24) is 0 Å². The first kappa shape index (κ1) is 27.0. The summed E-state index contributed by atoms with van der Waals surface area (Å²) >= 11 is 0. The van der Waals surface area contributed by atoms with Crippen LogP contribution in [0.25, 0.3) is 0 Å². The van der Waals surface area contributed by atoms with E-state index in [-0.39, 0.29) is 5.97 Å². The highest BCUT2D eigenvalue weighted by Crippen LogP contribution is 2.34. The molecule has 0 aromatic heterocycles. The third kappa shape index (κ3) is 12.2. The lowest BCUT2D eigenvalue weighted by Crippen LogP contribution is -2.52. The first-order valence-electron chi connectivity index (χ1n) is 9.98. The topological polar surface area (TPSA) is 54.0 Å². The summed E-state index contributed by atoms with van der Waals surface area (Å²) in [6.07, 6.45) is 2.99. The Hall–Kier alpha value is -0.0425. The predicted molar refractivity (Wildman–Crippen MR) is 124 cm³/mol. The third-order valence-electron chi connectivity index (χ3n) is 4.15. The molecule has 2 unspecified atom stereocenters. The second kappa shape index (κ2) is 11.2. The summed E-state index contributed by atoms with van der Waals surface area (Å²) in [5.41, 5.74) is 0.865. The number of ether oxygens (including phenoxy) is 1. The van der Waals surface area contributed by atoms with Crippen LogP contribution in [0, 0.1) is 0 Å². The van der Waals surface area contributed by atoms with E-state index in [2.05, 4.69) is 65.9 Å². The molecule has 9 heteroatoms. The van der Waals surface area contributed by atoms with Crippen LogP contribution in [0.1, 0.15) is 33.1 Å². The summed E-state index contributed by atoms with van der Waals surface area (Å²) in [6, 6.07) is 0. The van der Waals surface area contributed by atoms with Crippen LogP contribution >= 0.6 is 0 Å². The predicted octanol–water partition coefficient (Wildman–Crippen LogP) is 5.31. The number of hydrogen-bond acceptors (Lipinski definition) is 5. The first-order valence-corrected chi connectivity index (χ1v) is 21.3. The average Bonchev–Trinajstić information content (AvgIpc) is 2.41. The number of carbonyl (C=O) groups is 1. The summed E-state index contributed by atoms with van der Waals surface area (Å²) in [6.45, 7) is 25.4. The van der Waals surface area contributed by atoms with Crippen molar-refractivity contribution in [1.29, 1.82) is 0 Å². The quantitative estimate of drug-likeness (QED) is 0.216. The maximum Gasteiger partial charge on any atom is 0.333 e. The maximum atomic E-state index is 11.6. The average molecular weight is 451 g/mol. The van der Waals surface area contributed by atoms with Crippen molar-refractivity contribution in [2.75, 3.05) is 6.61 Å². The fourth-order valence-corrected chi connectivity index (χ4v) is 19.2. The highest BCUT2D eigenvalue weighted by molar-refractivity contribution is 6.86. The van der Waals surface area contributed by atoms with Gasteiger partial charge in [0, 0.05) is 5.57 Å². The van der Waals surface area contributed by atoms with Crippen molar-refractivity contribution in [2.24, 2.45) is 0 Å². The van der Waals surface area contributed by atoms with Crippen LogP contribution in [0.15, 0.2) is 12.2 Å². The minimum atomic E-state index is -2.27. The van der Waals surface area contributed by atoms with Gasteiger partial charge in [0.1, 0.15) is 0 Å². The Balaban J connectivity index is 4.90. The Morgan fingerprint density at radius 2 is 1.59 bits per heavy atom. The zero-order valence-corrected chi connectivity index (χ0v) is 23.4. The molecule has 0 rings (SSSR count). The molecule has 0 aliphatic rings. The van der Waals surface area contributed by atoms with Crippen molar-refractivity contribution < 1.29 is 21.9 Å². The van der Waals surface area contributed by atoms with Gasteiger partial charge in [0.2, 0.25) is 0 Å². The number of hydrogen-bond donors (Lipinski definition) is 0. The molecule has 0 heterocycles. The standard InChI is InChI=1S/C18H42O5Si4/c1-12-13-17(14-15-20-18(19)16(2)3)26(8,9)23-27(10,11)22-24(4)21-25(5,6)7/h17,24H,2,12-15H2,1,3-11H3. The highest BCUT2D eigenvalue weighted by Gasteiger charge is 2.41. The molecule has 0 spiro atoms.